The molecule has 0 radical (unpaired) electrons. The molecule has 0 aliphatic rings. The first-order valence-corrected chi connectivity index (χ1v) is 9.09. The first-order valence-electron chi connectivity index (χ1n) is 8.21. The second-order valence-corrected chi connectivity index (χ2v) is 7.07. The van der Waals surface area contributed by atoms with Crippen molar-refractivity contribution < 1.29 is 17.9 Å². The first-order chi connectivity index (χ1) is 12.1. The van der Waals surface area contributed by atoms with Crippen molar-refractivity contribution in [3.8, 4) is 10.9 Å². The molecule has 1 aromatic carbocycles. The summed E-state index contributed by atoms with van der Waals surface area (Å²) < 4.78 is 46.0. The minimum Gasteiger partial charge on any atom is -0.430 e. The molecule has 2 aromatic rings. The Balaban J connectivity index is 2.41. The quantitative estimate of drug-likeness (QED) is 0.452. The molecular weight excluding hydrogens is 363 g/mol. The van der Waals surface area contributed by atoms with Crippen LogP contribution in [0.3, 0.4) is 0 Å². The fourth-order valence-electron chi connectivity index (χ4n) is 2.03. The molecular formula is C18H22F3N3OS. The molecule has 8 heteroatoms. The maximum atomic E-state index is 13.5. The molecule has 0 aliphatic carbocycles. The predicted molar refractivity (Wildman–Crippen MR) is 98.9 cm³/mol. The Morgan fingerprint density at radius 3 is 2.58 bits per heavy atom. The fraction of sp³-hybridized carbons (Fsp3) is 0.444. The minimum atomic E-state index is -4.55. The van der Waals surface area contributed by atoms with Crippen LogP contribution in [0.1, 0.15) is 43.5 Å². The van der Waals surface area contributed by atoms with E-state index in [-0.39, 0.29) is 22.5 Å². The van der Waals surface area contributed by atoms with Crippen molar-refractivity contribution in [3.63, 3.8) is 0 Å². The lowest BCUT2D eigenvalue weighted by atomic mass is 10.1. The Kier molecular flexibility index (Phi) is 6.28. The summed E-state index contributed by atoms with van der Waals surface area (Å²) in [6.45, 7) is 8.26. The highest BCUT2D eigenvalue weighted by atomic mass is 32.1. The molecule has 0 amide bonds. The van der Waals surface area contributed by atoms with Crippen LogP contribution in [0, 0.1) is 6.92 Å². The van der Waals surface area contributed by atoms with Gasteiger partial charge in [-0.1, -0.05) is 25.2 Å². The molecule has 26 heavy (non-hydrogen) atoms. The van der Waals surface area contributed by atoms with E-state index in [1.807, 2.05) is 20.8 Å². The third-order valence-electron chi connectivity index (χ3n) is 3.79. The summed E-state index contributed by atoms with van der Waals surface area (Å²) in [5, 5.41) is 1.99. The number of hydrogen-bond acceptors (Lipinski definition) is 4. The molecule has 4 nitrogen and oxygen atoms in total. The number of benzene rings is 1. The average molecular weight is 385 g/mol. The average Bonchev–Trinajstić information content (AvgIpc) is 3.01. The van der Waals surface area contributed by atoms with Gasteiger partial charge in [0.15, 0.2) is 0 Å². The number of halogens is 3. The molecule has 0 saturated carbocycles. The molecule has 2 rings (SSSR count). The van der Waals surface area contributed by atoms with E-state index >= 15 is 0 Å². The van der Waals surface area contributed by atoms with Gasteiger partial charge in [0.05, 0.1) is 17.7 Å². The summed E-state index contributed by atoms with van der Waals surface area (Å²) in [6.07, 6.45) is -3.04. The Bertz CT molecular complexity index is 784. The lowest BCUT2D eigenvalue weighted by molar-refractivity contribution is -0.138. The Hall–Kier alpha value is -2.09. The van der Waals surface area contributed by atoms with Gasteiger partial charge in [-0.15, -0.1) is 0 Å². The highest BCUT2D eigenvalue weighted by Crippen LogP contribution is 2.42. The zero-order valence-corrected chi connectivity index (χ0v) is 16.2. The molecule has 0 N–H and O–H groups in total. The van der Waals surface area contributed by atoms with Gasteiger partial charge in [0.1, 0.15) is 11.3 Å². The minimum absolute atomic E-state index is 0.180. The summed E-state index contributed by atoms with van der Waals surface area (Å²) in [5.74, 6) is -0.0813. The Labute approximate surface area is 155 Å². The van der Waals surface area contributed by atoms with Gasteiger partial charge in [0, 0.05) is 19.0 Å². The van der Waals surface area contributed by atoms with Crippen molar-refractivity contribution in [2.45, 2.75) is 39.8 Å². The van der Waals surface area contributed by atoms with Crippen LogP contribution in [-0.2, 0) is 6.18 Å². The van der Waals surface area contributed by atoms with E-state index in [1.54, 1.807) is 24.3 Å². The normalized spacial score (nSPS) is 12.2. The summed E-state index contributed by atoms with van der Waals surface area (Å²) in [4.78, 5) is 10.2. The number of aliphatic imine (C=N–C) groups is 1. The standard InChI is InChI=1S/C18H22F3N3OS/c1-6-24(5)10-22-14-8-13(18(19,20)21)16(7-12(14)4)25-17-23-15(9-26-17)11(2)3/h7-11H,6H2,1-5H3. The second-order valence-electron chi connectivity index (χ2n) is 6.25. The summed E-state index contributed by atoms with van der Waals surface area (Å²) in [5.41, 5.74) is 0.774. The van der Waals surface area contributed by atoms with Crippen LogP contribution in [0.15, 0.2) is 22.5 Å². The van der Waals surface area contributed by atoms with E-state index in [2.05, 4.69) is 9.98 Å². The Morgan fingerprint density at radius 1 is 1.35 bits per heavy atom. The van der Waals surface area contributed by atoms with Gasteiger partial charge < -0.3 is 9.64 Å². The van der Waals surface area contributed by atoms with Crippen LogP contribution < -0.4 is 4.74 Å². The molecule has 1 heterocycles. The number of alkyl halides is 3. The van der Waals surface area contributed by atoms with E-state index < -0.39 is 11.7 Å². The monoisotopic (exact) mass is 385 g/mol. The molecule has 0 unspecified atom stereocenters. The maximum Gasteiger partial charge on any atom is 0.420 e. The fourth-order valence-corrected chi connectivity index (χ4v) is 2.87. The SMILES string of the molecule is CCN(C)C=Nc1cc(C(F)(F)F)c(Oc2nc(C(C)C)cs2)cc1C. The summed E-state index contributed by atoms with van der Waals surface area (Å²) >= 11 is 1.18. The zero-order valence-electron chi connectivity index (χ0n) is 15.4. The lowest BCUT2D eigenvalue weighted by Crippen LogP contribution is -2.14. The van der Waals surface area contributed by atoms with Gasteiger partial charge in [0.2, 0.25) is 0 Å². The number of rotatable bonds is 6. The number of hydrogen-bond donors (Lipinski definition) is 0. The molecule has 142 valence electrons. The maximum absolute atomic E-state index is 13.5. The van der Waals surface area contributed by atoms with Gasteiger partial charge in [0.25, 0.3) is 5.19 Å². The van der Waals surface area contributed by atoms with Gasteiger partial charge in [-0.25, -0.2) is 9.98 Å². The van der Waals surface area contributed by atoms with Crippen molar-refractivity contribution in [1.29, 1.82) is 0 Å². The topological polar surface area (TPSA) is 37.7 Å². The number of ether oxygens (including phenoxy) is 1. The van der Waals surface area contributed by atoms with E-state index in [0.717, 1.165) is 11.8 Å². The molecule has 0 saturated heterocycles. The summed E-state index contributed by atoms with van der Waals surface area (Å²) in [7, 11) is 1.80. The zero-order chi connectivity index (χ0) is 19.5. The van der Waals surface area contributed by atoms with Crippen molar-refractivity contribution in [2.75, 3.05) is 13.6 Å². The van der Waals surface area contributed by atoms with Crippen LogP contribution in [-0.4, -0.2) is 29.8 Å². The third-order valence-corrected chi connectivity index (χ3v) is 4.52. The molecule has 0 spiro atoms. The van der Waals surface area contributed by atoms with Gasteiger partial charge in [-0.3, -0.25) is 0 Å². The predicted octanol–water partition coefficient (Wildman–Crippen LogP) is 6.00. The smallest absolute Gasteiger partial charge is 0.420 e. The van der Waals surface area contributed by atoms with Crippen molar-refractivity contribution in [2.24, 2.45) is 4.99 Å². The number of thiazole rings is 1. The van der Waals surface area contributed by atoms with E-state index in [1.165, 1.54) is 23.7 Å². The van der Waals surface area contributed by atoms with Crippen LogP contribution in [0.25, 0.3) is 0 Å². The molecule has 0 fully saturated rings. The number of nitrogens with zero attached hydrogens (tertiary/aromatic N) is 3. The van der Waals surface area contributed by atoms with Crippen LogP contribution in [0.5, 0.6) is 10.9 Å². The third kappa shape index (κ3) is 4.97. The lowest BCUT2D eigenvalue weighted by Gasteiger charge is -2.15. The second kappa shape index (κ2) is 8.07. The van der Waals surface area contributed by atoms with Crippen molar-refractivity contribution in [3.05, 3.63) is 34.3 Å². The van der Waals surface area contributed by atoms with E-state index in [9.17, 15) is 13.2 Å². The van der Waals surface area contributed by atoms with Crippen LogP contribution >= 0.6 is 11.3 Å². The van der Waals surface area contributed by atoms with Gasteiger partial charge in [-0.05, 0) is 37.5 Å². The summed E-state index contributed by atoms with van der Waals surface area (Å²) in [6, 6.07) is 2.37. The largest absolute Gasteiger partial charge is 0.430 e. The number of aromatic nitrogens is 1. The Morgan fingerprint density at radius 2 is 2.04 bits per heavy atom. The molecule has 1 aromatic heterocycles. The first kappa shape index (κ1) is 20.2. The van der Waals surface area contributed by atoms with Crippen LogP contribution in [0.4, 0.5) is 18.9 Å². The van der Waals surface area contributed by atoms with Crippen molar-refractivity contribution in [1.82, 2.24) is 9.88 Å². The molecule has 0 aliphatic heterocycles. The van der Waals surface area contributed by atoms with Crippen LogP contribution in [0.2, 0.25) is 0 Å². The number of aryl methyl sites for hydroxylation is 1. The molecule has 0 atom stereocenters. The van der Waals surface area contributed by atoms with Gasteiger partial charge in [-0.2, -0.15) is 13.2 Å². The van der Waals surface area contributed by atoms with E-state index in [4.69, 9.17) is 4.74 Å². The highest BCUT2D eigenvalue weighted by molar-refractivity contribution is 7.11. The van der Waals surface area contributed by atoms with E-state index in [0.29, 0.717) is 12.1 Å². The van der Waals surface area contributed by atoms with Gasteiger partial charge >= 0.3 is 6.18 Å². The molecule has 0 bridgehead atoms. The highest BCUT2D eigenvalue weighted by Gasteiger charge is 2.35. The van der Waals surface area contributed by atoms with Crippen molar-refractivity contribution >= 4 is 23.4 Å².